The molecule has 70 valence electrons. The molecular weight excluding hydrogens is 160 g/mol. The average molecular weight is 176 g/mol. The molecule has 2 heteroatoms. The highest BCUT2D eigenvalue weighted by Crippen LogP contribution is 2.08. The lowest BCUT2D eigenvalue weighted by Gasteiger charge is -2.11. The zero-order valence-electron chi connectivity index (χ0n) is 8.20. The molecule has 0 saturated heterocycles. The molecule has 1 unspecified atom stereocenters. The monoisotopic (exact) mass is 176 g/mol. The molecule has 0 bridgehead atoms. The topological polar surface area (TPSA) is 24.9 Å². The van der Waals surface area contributed by atoms with E-state index in [1.54, 1.807) is 6.20 Å². The molecule has 0 aliphatic rings. The van der Waals surface area contributed by atoms with Crippen molar-refractivity contribution in [2.24, 2.45) is 0 Å². The Morgan fingerprint density at radius 1 is 1.62 bits per heavy atom. The molecule has 1 atom stereocenters. The third-order valence-electron chi connectivity index (χ3n) is 1.96. The number of rotatable bonds is 4. The molecule has 1 heterocycles. The van der Waals surface area contributed by atoms with E-state index in [1.165, 1.54) is 5.56 Å². The van der Waals surface area contributed by atoms with E-state index in [-0.39, 0.29) is 0 Å². The molecule has 0 aliphatic heterocycles. The Hall–Kier alpha value is -1.15. The van der Waals surface area contributed by atoms with Gasteiger partial charge < -0.3 is 5.32 Å². The van der Waals surface area contributed by atoms with Crippen LogP contribution in [0, 0.1) is 0 Å². The minimum Gasteiger partial charge on any atom is -0.307 e. The Morgan fingerprint density at radius 3 is 3.08 bits per heavy atom. The van der Waals surface area contributed by atoms with Gasteiger partial charge >= 0.3 is 0 Å². The fourth-order valence-corrected chi connectivity index (χ4v) is 1.11. The number of hydrogen-bond acceptors (Lipinski definition) is 2. The molecule has 2 nitrogen and oxygen atoms in total. The third-order valence-corrected chi connectivity index (χ3v) is 1.96. The summed E-state index contributed by atoms with van der Waals surface area (Å²) >= 11 is 0. The first-order chi connectivity index (χ1) is 6.34. The van der Waals surface area contributed by atoms with Crippen LogP contribution in [-0.2, 0) is 0 Å². The van der Waals surface area contributed by atoms with Crippen molar-refractivity contribution in [3.63, 3.8) is 0 Å². The number of aromatic nitrogens is 1. The van der Waals surface area contributed by atoms with Gasteiger partial charge in [0.1, 0.15) is 0 Å². The number of nitrogens with zero attached hydrogens (tertiary/aromatic N) is 1. The van der Waals surface area contributed by atoms with Crippen molar-refractivity contribution in [3.05, 3.63) is 42.2 Å². The molecule has 0 spiro atoms. The third kappa shape index (κ3) is 3.38. The summed E-state index contributed by atoms with van der Waals surface area (Å²) in [5, 5.41) is 3.37. The highest BCUT2D eigenvalue weighted by atomic mass is 14.9. The first-order valence-electron chi connectivity index (χ1n) is 4.59. The van der Waals surface area contributed by atoms with Crippen molar-refractivity contribution in [2.45, 2.75) is 19.9 Å². The van der Waals surface area contributed by atoms with E-state index in [9.17, 15) is 0 Å². The quantitative estimate of drug-likeness (QED) is 0.712. The van der Waals surface area contributed by atoms with Crippen molar-refractivity contribution >= 4 is 0 Å². The maximum absolute atomic E-state index is 4.08. The van der Waals surface area contributed by atoms with E-state index in [0.717, 1.165) is 6.54 Å². The first-order valence-corrected chi connectivity index (χ1v) is 4.59. The van der Waals surface area contributed by atoms with E-state index < -0.39 is 0 Å². The van der Waals surface area contributed by atoms with Gasteiger partial charge in [-0.15, -0.1) is 0 Å². The lowest BCUT2D eigenvalue weighted by molar-refractivity contribution is 0.615. The second-order valence-corrected chi connectivity index (χ2v) is 2.99. The Kier molecular flexibility index (Phi) is 4.19. The minimum atomic E-state index is 0.366. The molecule has 0 aromatic carbocycles. The largest absolute Gasteiger partial charge is 0.307 e. The van der Waals surface area contributed by atoms with Gasteiger partial charge in [-0.05, 0) is 25.5 Å². The van der Waals surface area contributed by atoms with E-state index in [2.05, 4.69) is 29.4 Å². The summed E-state index contributed by atoms with van der Waals surface area (Å²) in [6, 6.07) is 4.41. The number of hydrogen-bond donors (Lipinski definition) is 1. The number of allylic oxidation sites excluding steroid dienone is 1. The van der Waals surface area contributed by atoms with Crippen LogP contribution in [0.4, 0.5) is 0 Å². The molecule has 0 fully saturated rings. The Bertz CT molecular complexity index is 254. The van der Waals surface area contributed by atoms with Crippen LogP contribution < -0.4 is 5.32 Å². The first kappa shape index (κ1) is 9.93. The van der Waals surface area contributed by atoms with Gasteiger partial charge in [-0.25, -0.2) is 0 Å². The minimum absolute atomic E-state index is 0.366. The van der Waals surface area contributed by atoms with Crippen LogP contribution in [0.1, 0.15) is 25.5 Å². The van der Waals surface area contributed by atoms with Gasteiger partial charge in [0.2, 0.25) is 0 Å². The predicted molar refractivity (Wildman–Crippen MR) is 55.5 cm³/mol. The van der Waals surface area contributed by atoms with Crippen LogP contribution in [0.15, 0.2) is 36.7 Å². The second kappa shape index (κ2) is 5.49. The summed E-state index contributed by atoms with van der Waals surface area (Å²) in [6.45, 7) is 5.07. The molecule has 13 heavy (non-hydrogen) atoms. The molecule has 0 radical (unpaired) electrons. The summed E-state index contributed by atoms with van der Waals surface area (Å²) in [5.41, 5.74) is 1.23. The zero-order valence-corrected chi connectivity index (χ0v) is 8.20. The molecule has 1 aromatic heterocycles. The second-order valence-electron chi connectivity index (χ2n) is 2.99. The van der Waals surface area contributed by atoms with Crippen molar-refractivity contribution < 1.29 is 0 Å². The van der Waals surface area contributed by atoms with E-state index in [1.807, 2.05) is 25.3 Å². The van der Waals surface area contributed by atoms with Crippen molar-refractivity contribution in [1.82, 2.24) is 10.3 Å². The van der Waals surface area contributed by atoms with E-state index in [4.69, 9.17) is 0 Å². The van der Waals surface area contributed by atoms with E-state index in [0.29, 0.717) is 6.04 Å². The van der Waals surface area contributed by atoms with Crippen molar-refractivity contribution in [1.29, 1.82) is 0 Å². The van der Waals surface area contributed by atoms with Gasteiger partial charge in [-0.2, -0.15) is 0 Å². The van der Waals surface area contributed by atoms with Crippen molar-refractivity contribution in [3.8, 4) is 0 Å². The van der Waals surface area contributed by atoms with Crippen LogP contribution >= 0.6 is 0 Å². The Morgan fingerprint density at radius 2 is 2.46 bits per heavy atom. The molecule has 0 saturated carbocycles. The number of nitrogens with one attached hydrogen (secondary N) is 1. The standard InChI is InChI=1S/C11H16N2/c1-3-4-8-13-10(2)11-6-5-7-12-9-11/h3-7,9-10,13H,8H2,1-2H3/b4-3+. The average Bonchev–Trinajstić information content (AvgIpc) is 2.19. The lowest BCUT2D eigenvalue weighted by Crippen LogP contribution is -2.18. The summed E-state index contributed by atoms with van der Waals surface area (Å²) < 4.78 is 0. The lowest BCUT2D eigenvalue weighted by atomic mass is 10.1. The van der Waals surface area contributed by atoms with Gasteiger partial charge in [0.15, 0.2) is 0 Å². The smallest absolute Gasteiger partial charge is 0.0315 e. The zero-order chi connectivity index (χ0) is 9.52. The summed E-state index contributed by atoms with van der Waals surface area (Å²) in [4.78, 5) is 4.08. The fraction of sp³-hybridized carbons (Fsp3) is 0.364. The van der Waals surface area contributed by atoms with Gasteiger partial charge in [-0.3, -0.25) is 4.98 Å². The van der Waals surface area contributed by atoms with Gasteiger partial charge in [0, 0.05) is 25.0 Å². The van der Waals surface area contributed by atoms with Gasteiger partial charge in [-0.1, -0.05) is 18.2 Å². The molecule has 1 rings (SSSR count). The molecular formula is C11H16N2. The maximum atomic E-state index is 4.08. The van der Waals surface area contributed by atoms with Gasteiger partial charge in [0.25, 0.3) is 0 Å². The summed E-state index contributed by atoms with van der Waals surface area (Å²) in [7, 11) is 0. The SMILES string of the molecule is C/C=C/CNC(C)c1cccnc1. The highest BCUT2D eigenvalue weighted by Gasteiger charge is 2.01. The normalized spacial score (nSPS) is 13.4. The van der Waals surface area contributed by atoms with Crippen molar-refractivity contribution in [2.75, 3.05) is 6.54 Å². The van der Waals surface area contributed by atoms with Crippen LogP contribution in [-0.4, -0.2) is 11.5 Å². The van der Waals surface area contributed by atoms with Gasteiger partial charge in [0.05, 0.1) is 0 Å². The predicted octanol–water partition coefficient (Wildman–Crippen LogP) is 2.31. The number of pyridine rings is 1. The Labute approximate surface area is 79.7 Å². The Balaban J connectivity index is 2.44. The fourth-order valence-electron chi connectivity index (χ4n) is 1.11. The van der Waals surface area contributed by atoms with Crippen LogP contribution in [0.25, 0.3) is 0 Å². The summed E-state index contributed by atoms with van der Waals surface area (Å²) in [6.07, 6.45) is 7.84. The molecule has 0 amide bonds. The molecule has 0 aliphatic carbocycles. The summed E-state index contributed by atoms with van der Waals surface area (Å²) in [5.74, 6) is 0. The van der Waals surface area contributed by atoms with Crippen LogP contribution in [0.3, 0.4) is 0 Å². The molecule has 1 N–H and O–H groups in total. The van der Waals surface area contributed by atoms with Crippen LogP contribution in [0.2, 0.25) is 0 Å². The van der Waals surface area contributed by atoms with Crippen LogP contribution in [0.5, 0.6) is 0 Å². The van der Waals surface area contributed by atoms with E-state index >= 15 is 0 Å². The highest BCUT2D eigenvalue weighted by molar-refractivity contribution is 5.12. The molecule has 1 aromatic rings. The maximum Gasteiger partial charge on any atom is 0.0315 e.